The number of nitrogens with zero attached hydrogens (tertiary/aromatic N) is 1. The SMILES string of the molecule is c1ccc(-c2ccc(-c3c(N(c4ccc5c(c4)-c4ccccc4C5(c4ccccc4)c4ccccc4)c4ccccc4-c4ccccc4)c4ccccc4c4ccccc34)cc2)cc1. The predicted molar refractivity (Wildman–Crippen MR) is 270 cm³/mol. The Morgan fingerprint density at radius 1 is 0.281 bits per heavy atom. The van der Waals surface area contributed by atoms with Gasteiger partial charge in [0, 0.05) is 22.2 Å². The lowest BCUT2D eigenvalue weighted by molar-refractivity contribution is 0.768. The molecular weight excluding hydrogens is 771 g/mol. The van der Waals surface area contributed by atoms with Gasteiger partial charge in [-0.25, -0.2) is 0 Å². The van der Waals surface area contributed by atoms with Crippen LogP contribution in [-0.2, 0) is 5.41 Å². The Balaban J connectivity index is 1.19. The highest BCUT2D eigenvalue weighted by Crippen LogP contribution is 2.58. The van der Waals surface area contributed by atoms with E-state index in [0.717, 1.165) is 28.2 Å². The first-order valence-electron chi connectivity index (χ1n) is 22.2. The van der Waals surface area contributed by atoms with E-state index in [1.54, 1.807) is 0 Å². The number of para-hydroxylation sites is 1. The van der Waals surface area contributed by atoms with Gasteiger partial charge in [0.15, 0.2) is 0 Å². The van der Waals surface area contributed by atoms with Gasteiger partial charge < -0.3 is 4.90 Å². The molecule has 0 N–H and O–H groups in total. The third-order valence-corrected chi connectivity index (χ3v) is 13.3. The number of rotatable bonds is 8. The smallest absolute Gasteiger partial charge is 0.0713 e. The first-order valence-corrected chi connectivity index (χ1v) is 22.2. The largest absolute Gasteiger partial charge is 0.309 e. The third kappa shape index (κ3) is 5.93. The molecule has 0 heterocycles. The molecule has 0 atom stereocenters. The molecular formula is C63H43N. The van der Waals surface area contributed by atoms with E-state index in [2.05, 4.69) is 266 Å². The van der Waals surface area contributed by atoms with Crippen LogP contribution in [0.15, 0.2) is 261 Å². The predicted octanol–water partition coefficient (Wildman–Crippen LogP) is 16.8. The fourth-order valence-corrected chi connectivity index (χ4v) is 10.6. The molecule has 1 heteroatoms. The Kier molecular flexibility index (Phi) is 9.13. The number of hydrogen-bond donors (Lipinski definition) is 0. The molecule has 11 aromatic carbocycles. The summed E-state index contributed by atoms with van der Waals surface area (Å²) in [6.07, 6.45) is 0. The molecule has 0 bridgehead atoms. The summed E-state index contributed by atoms with van der Waals surface area (Å²) in [6.45, 7) is 0. The second kappa shape index (κ2) is 15.6. The standard InChI is InChI=1S/C63H43N/c1-5-21-44(22-6-1)45-37-39-47(40-38-45)61-55-33-15-13-30-52(55)53-31-14-16-34-56(53)62(61)64(60-36-20-18-29-51(60)46-23-7-2-8-24-46)50-41-42-59-57(43-50)54-32-17-19-35-58(54)63(59,48-25-9-3-10-26-48)49-27-11-4-12-28-49/h1-43H. The highest BCUT2D eigenvalue weighted by Gasteiger charge is 2.46. The number of benzene rings is 11. The van der Waals surface area contributed by atoms with E-state index < -0.39 is 5.41 Å². The Morgan fingerprint density at radius 2 is 0.734 bits per heavy atom. The summed E-state index contributed by atoms with van der Waals surface area (Å²) in [5.41, 5.74) is 17.5. The van der Waals surface area contributed by atoms with Crippen LogP contribution in [0.4, 0.5) is 17.1 Å². The molecule has 0 saturated heterocycles. The molecule has 0 radical (unpaired) electrons. The summed E-state index contributed by atoms with van der Waals surface area (Å²) in [4.78, 5) is 2.56. The minimum atomic E-state index is -0.499. The second-order valence-electron chi connectivity index (χ2n) is 16.7. The Labute approximate surface area is 374 Å². The van der Waals surface area contributed by atoms with Crippen LogP contribution in [0.5, 0.6) is 0 Å². The fourth-order valence-electron chi connectivity index (χ4n) is 10.6. The molecule has 0 spiro atoms. The van der Waals surface area contributed by atoms with Crippen LogP contribution in [0, 0.1) is 0 Å². The van der Waals surface area contributed by atoms with Gasteiger partial charge >= 0.3 is 0 Å². The van der Waals surface area contributed by atoms with Crippen molar-refractivity contribution in [1.29, 1.82) is 0 Å². The third-order valence-electron chi connectivity index (χ3n) is 13.3. The van der Waals surface area contributed by atoms with E-state index in [1.165, 1.54) is 77.2 Å². The summed E-state index contributed by atoms with van der Waals surface area (Å²) >= 11 is 0. The maximum absolute atomic E-state index is 2.56. The van der Waals surface area contributed by atoms with Gasteiger partial charge in [0.05, 0.1) is 16.8 Å². The van der Waals surface area contributed by atoms with Crippen molar-refractivity contribution in [2.75, 3.05) is 4.90 Å². The van der Waals surface area contributed by atoms with E-state index in [0.29, 0.717) is 0 Å². The summed E-state index contributed by atoms with van der Waals surface area (Å²) < 4.78 is 0. The molecule has 0 amide bonds. The maximum Gasteiger partial charge on any atom is 0.0713 e. The van der Waals surface area contributed by atoms with Gasteiger partial charge in [-0.2, -0.15) is 0 Å². The van der Waals surface area contributed by atoms with E-state index >= 15 is 0 Å². The highest BCUT2D eigenvalue weighted by atomic mass is 15.1. The van der Waals surface area contributed by atoms with E-state index in [4.69, 9.17) is 0 Å². The normalized spacial score (nSPS) is 12.5. The summed E-state index contributed by atoms with van der Waals surface area (Å²) in [5.74, 6) is 0. The number of hydrogen-bond acceptors (Lipinski definition) is 1. The quantitative estimate of drug-likeness (QED) is 0.138. The molecule has 300 valence electrons. The van der Waals surface area contributed by atoms with Gasteiger partial charge in [0.2, 0.25) is 0 Å². The van der Waals surface area contributed by atoms with Crippen LogP contribution < -0.4 is 4.90 Å². The van der Waals surface area contributed by atoms with E-state index in [1.807, 2.05) is 0 Å². The summed E-state index contributed by atoms with van der Waals surface area (Å²) in [5, 5.41) is 4.86. The van der Waals surface area contributed by atoms with Crippen LogP contribution in [0.1, 0.15) is 22.3 Å². The fraction of sp³-hybridized carbons (Fsp3) is 0.0159. The van der Waals surface area contributed by atoms with E-state index in [-0.39, 0.29) is 0 Å². The van der Waals surface area contributed by atoms with Crippen molar-refractivity contribution in [3.8, 4) is 44.5 Å². The first kappa shape index (κ1) is 37.5. The zero-order valence-corrected chi connectivity index (χ0v) is 35.3. The van der Waals surface area contributed by atoms with Crippen LogP contribution in [0.25, 0.3) is 66.1 Å². The number of anilines is 3. The Morgan fingerprint density at radius 3 is 1.39 bits per heavy atom. The average Bonchev–Trinajstić information content (AvgIpc) is 3.68. The van der Waals surface area contributed by atoms with Crippen molar-refractivity contribution in [1.82, 2.24) is 0 Å². The zero-order chi connectivity index (χ0) is 42.5. The molecule has 1 aliphatic rings. The molecule has 1 nitrogen and oxygen atoms in total. The van der Waals surface area contributed by atoms with Gasteiger partial charge in [0.1, 0.15) is 0 Å². The lowest BCUT2D eigenvalue weighted by Gasteiger charge is -2.35. The molecule has 1 aliphatic carbocycles. The van der Waals surface area contributed by atoms with Gasteiger partial charge in [-0.1, -0.05) is 243 Å². The van der Waals surface area contributed by atoms with Gasteiger partial charge in [0.25, 0.3) is 0 Å². The molecule has 64 heavy (non-hydrogen) atoms. The molecule has 11 aromatic rings. The van der Waals surface area contributed by atoms with Crippen molar-refractivity contribution in [2.45, 2.75) is 5.41 Å². The monoisotopic (exact) mass is 813 g/mol. The topological polar surface area (TPSA) is 3.24 Å². The lowest BCUT2D eigenvalue weighted by atomic mass is 9.68. The maximum atomic E-state index is 2.56. The second-order valence-corrected chi connectivity index (χ2v) is 16.7. The van der Waals surface area contributed by atoms with Crippen molar-refractivity contribution < 1.29 is 0 Å². The lowest BCUT2D eigenvalue weighted by Crippen LogP contribution is -2.28. The first-order chi connectivity index (χ1) is 31.8. The van der Waals surface area contributed by atoms with Gasteiger partial charge in [-0.05, 0) is 90.0 Å². The van der Waals surface area contributed by atoms with Crippen molar-refractivity contribution in [2.24, 2.45) is 0 Å². The molecule has 0 fully saturated rings. The van der Waals surface area contributed by atoms with Gasteiger partial charge in [-0.3, -0.25) is 0 Å². The van der Waals surface area contributed by atoms with Crippen molar-refractivity contribution in [3.05, 3.63) is 283 Å². The summed E-state index contributed by atoms with van der Waals surface area (Å²) in [7, 11) is 0. The number of fused-ring (bicyclic) bond motifs is 6. The van der Waals surface area contributed by atoms with Crippen molar-refractivity contribution >= 4 is 38.6 Å². The average molecular weight is 814 g/mol. The zero-order valence-electron chi connectivity index (χ0n) is 35.3. The van der Waals surface area contributed by atoms with Crippen LogP contribution in [-0.4, -0.2) is 0 Å². The molecule has 0 aromatic heterocycles. The van der Waals surface area contributed by atoms with Crippen LogP contribution in [0.3, 0.4) is 0 Å². The minimum Gasteiger partial charge on any atom is -0.309 e. The molecule has 0 unspecified atom stereocenters. The molecule has 0 saturated carbocycles. The van der Waals surface area contributed by atoms with Crippen LogP contribution in [0.2, 0.25) is 0 Å². The summed E-state index contributed by atoms with van der Waals surface area (Å²) in [6, 6.07) is 96.0. The molecule has 12 rings (SSSR count). The van der Waals surface area contributed by atoms with Crippen molar-refractivity contribution in [3.63, 3.8) is 0 Å². The van der Waals surface area contributed by atoms with Crippen LogP contribution >= 0.6 is 0 Å². The Bertz CT molecular complexity index is 3430. The van der Waals surface area contributed by atoms with Gasteiger partial charge in [-0.15, -0.1) is 0 Å². The minimum absolute atomic E-state index is 0.499. The molecule has 0 aliphatic heterocycles. The van der Waals surface area contributed by atoms with E-state index in [9.17, 15) is 0 Å². The highest BCUT2D eigenvalue weighted by molar-refractivity contribution is 6.23. The Hall–Kier alpha value is -8.26.